The molecule has 0 saturated carbocycles. The lowest BCUT2D eigenvalue weighted by Gasteiger charge is -2.32. The van der Waals surface area contributed by atoms with Gasteiger partial charge >= 0.3 is 0 Å². The van der Waals surface area contributed by atoms with E-state index in [0.717, 1.165) is 27.7 Å². The zero-order chi connectivity index (χ0) is 23.7. The van der Waals surface area contributed by atoms with E-state index in [1.807, 2.05) is 84.9 Å². The third-order valence-electron chi connectivity index (χ3n) is 6.18. The summed E-state index contributed by atoms with van der Waals surface area (Å²) in [6.45, 7) is 4.08. The monoisotopic (exact) mass is 469 g/mol. The predicted molar refractivity (Wildman–Crippen MR) is 135 cm³/mol. The molecule has 0 saturated heterocycles. The number of carbonyl (C=O) groups is 1. The van der Waals surface area contributed by atoms with E-state index in [-0.39, 0.29) is 18.6 Å². The maximum Gasteiger partial charge on any atom is 0.281 e. The molecule has 0 spiro atoms. The van der Waals surface area contributed by atoms with Crippen LogP contribution in [-0.4, -0.2) is 28.2 Å². The van der Waals surface area contributed by atoms with Crippen LogP contribution in [0.15, 0.2) is 96.2 Å². The number of para-hydroxylation sites is 1. The Morgan fingerprint density at radius 1 is 0.971 bits per heavy atom. The average Bonchev–Trinajstić information content (AvgIpc) is 3.14. The first-order valence-corrected chi connectivity index (χ1v) is 11.5. The van der Waals surface area contributed by atoms with E-state index in [1.54, 1.807) is 11.2 Å². The number of hydrogen-bond donors (Lipinski definition) is 0. The van der Waals surface area contributed by atoms with Crippen LogP contribution in [0.25, 0.3) is 10.9 Å². The highest BCUT2D eigenvalue weighted by Crippen LogP contribution is 2.46. The summed E-state index contributed by atoms with van der Waals surface area (Å²) in [6, 6.07) is 26.8. The van der Waals surface area contributed by atoms with Crippen LogP contribution in [0.5, 0.6) is 5.75 Å². The second kappa shape index (κ2) is 8.92. The minimum absolute atomic E-state index is 0.146. The van der Waals surface area contributed by atoms with Crippen LogP contribution >= 0.6 is 11.6 Å². The molecule has 5 rings (SSSR count). The summed E-state index contributed by atoms with van der Waals surface area (Å²) in [6.07, 6.45) is 1.72. The molecule has 2 heterocycles. The minimum atomic E-state index is -0.439. The molecule has 1 aliphatic heterocycles. The van der Waals surface area contributed by atoms with E-state index in [9.17, 15) is 4.79 Å². The number of fused-ring (bicyclic) bond motifs is 1. The third kappa shape index (κ3) is 4.03. The number of nitrogens with zero attached hydrogens (tertiary/aromatic N) is 3. The van der Waals surface area contributed by atoms with Gasteiger partial charge in [0.15, 0.2) is 6.61 Å². The van der Waals surface area contributed by atoms with Gasteiger partial charge < -0.3 is 4.74 Å². The smallest absolute Gasteiger partial charge is 0.281 e. The van der Waals surface area contributed by atoms with E-state index in [4.69, 9.17) is 21.4 Å². The van der Waals surface area contributed by atoms with Crippen molar-refractivity contribution in [1.82, 2.24) is 9.99 Å². The van der Waals surface area contributed by atoms with Crippen LogP contribution in [0, 0.1) is 5.41 Å². The van der Waals surface area contributed by atoms with Crippen molar-refractivity contribution < 1.29 is 9.53 Å². The van der Waals surface area contributed by atoms with Crippen molar-refractivity contribution >= 4 is 34.1 Å². The average molecular weight is 470 g/mol. The molecule has 5 nitrogen and oxygen atoms in total. The maximum atomic E-state index is 13.5. The first-order chi connectivity index (χ1) is 16.4. The molecule has 0 aliphatic carbocycles. The molecule has 1 amide bonds. The molecule has 6 heteroatoms. The Labute approximate surface area is 203 Å². The van der Waals surface area contributed by atoms with E-state index < -0.39 is 5.41 Å². The van der Waals surface area contributed by atoms with Crippen molar-refractivity contribution in [2.24, 2.45) is 10.5 Å². The van der Waals surface area contributed by atoms with Gasteiger partial charge in [-0.25, -0.2) is 5.01 Å². The van der Waals surface area contributed by atoms with Crippen LogP contribution in [0.1, 0.15) is 31.0 Å². The molecule has 1 unspecified atom stereocenters. The SMILES string of the molecule is CC1(C)C(c2ccc(Cl)cc2)=NN(C(=O)COc2cccc3cccnc23)C1c1ccccc1. The molecule has 0 fully saturated rings. The predicted octanol–water partition coefficient (Wildman–Crippen LogP) is 6.28. The van der Waals surface area contributed by atoms with Gasteiger partial charge in [-0.2, -0.15) is 5.10 Å². The topological polar surface area (TPSA) is 54.8 Å². The van der Waals surface area contributed by atoms with Crippen molar-refractivity contribution in [3.8, 4) is 5.75 Å². The first kappa shape index (κ1) is 22.1. The van der Waals surface area contributed by atoms with E-state index >= 15 is 0 Å². The molecule has 1 atom stereocenters. The second-order valence-corrected chi connectivity index (χ2v) is 9.29. The number of pyridine rings is 1. The fourth-order valence-electron chi connectivity index (χ4n) is 4.56. The van der Waals surface area contributed by atoms with E-state index in [0.29, 0.717) is 10.8 Å². The minimum Gasteiger partial charge on any atom is -0.481 e. The summed E-state index contributed by atoms with van der Waals surface area (Å²) < 4.78 is 5.96. The zero-order valence-electron chi connectivity index (χ0n) is 19.0. The van der Waals surface area contributed by atoms with E-state index in [2.05, 4.69) is 18.8 Å². The van der Waals surface area contributed by atoms with Gasteiger partial charge in [-0.05, 0) is 35.4 Å². The molecular weight excluding hydrogens is 446 g/mol. The normalized spacial score (nSPS) is 17.0. The molecule has 3 aromatic carbocycles. The highest BCUT2D eigenvalue weighted by molar-refractivity contribution is 6.30. The molecule has 1 aromatic heterocycles. The number of halogens is 1. The van der Waals surface area contributed by atoms with Crippen LogP contribution in [-0.2, 0) is 4.79 Å². The van der Waals surface area contributed by atoms with Crippen molar-refractivity contribution in [1.29, 1.82) is 0 Å². The van der Waals surface area contributed by atoms with Crippen molar-refractivity contribution in [3.05, 3.63) is 107 Å². The van der Waals surface area contributed by atoms with Gasteiger partial charge in [0.05, 0.1) is 11.8 Å². The number of carbonyl (C=O) groups excluding carboxylic acids is 1. The summed E-state index contributed by atoms with van der Waals surface area (Å²) in [5.41, 5.74) is 3.07. The lowest BCUT2D eigenvalue weighted by molar-refractivity contribution is -0.136. The summed E-state index contributed by atoms with van der Waals surface area (Å²) >= 11 is 6.11. The van der Waals surface area contributed by atoms with Gasteiger partial charge in [0.25, 0.3) is 5.91 Å². The van der Waals surface area contributed by atoms with Crippen LogP contribution in [0.4, 0.5) is 0 Å². The number of amides is 1. The maximum absolute atomic E-state index is 13.5. The van der Waals surface area contributed by atoms with E-state index in [1.165, 1.54) is 0 Å². The summed E-state index contributed by atoms with van der Waals surface area (Å²) in [7, 11) is 0. The number of benzene rings is 3. The fourth-order valence-corrected chi connectivity index (χ4v) is 4.68. The molecule has 0 bridgehead atoms. The van der Waals surface area contributed by atoms with Gasteiger partial charge in [-0.3, -0.25) is 9.78 Å². The lowest BCUT2D eigenvalue weighted by Crippen LogP contribution is -2.37. The summed E-state index contributed by atoms with van der Waals surface area (Å²) in [4.78, 5) is 17.9. The number of rotatable bonds is 5. The molecule has 0 radical (unpaired) electrons. The standard InChI is InChI=1S/C28H24ClN3O2/c1-28(2)26(20-13-15-22(29)16-14-20)31-32(27(28)21-8-4-3-5-9-21)24(33)18-34-23-12-6-10-19-11-7-17-30-25(19)23/h3-17,27H,18H2,1-2H3. The van der Waals surface area contributed by atoms with Gasteiger partial charge in [-0.1, -0.05) is 86.1 Å². The number of ether oxygens (including phenoxy) is 1. The Morgan fingerprint density at radius 2 is 1.71 bits per heavy atom. The first-order valence-electron chi connectivity index (χ1n) is 11.1. The number of aromatic nitrogens is 1. The third-order valence-corrected chi connectivity index (χ3v) is 6.43. The van der Waals surface area contributed by atoms with Crippen LogP contribution < -0.4 is 4.74 Å². The Bertz CT molecular complexity index is 1360. The van der Waals surface area contributed by atoms with Crippen molar-refractivity contribution in [2.75, 3.05) is 6.61 Å². The molecule has 34 heavy (non-hydrogen) atoms. The zero-order valence-corrected chi connectivity index (χ0v) is 19.7. The second-order valence-electron chi connectivity index (χ2n) is 8.85. The Morgan fingerprint density at radius 3 is 2.47 bits per heavy atom. The molecule has 1 aliphatic rings. The Hall–Kier alpha value is -3.70. The summed E-state index contributed by atoms with van der Waals surface area (Å²) in [5, 5.41) is 8.02. The summed E-state index contributed by atoms with van der Waals surface area (Å²) in [5.74, 6) is 0.349. The van der Waals surface area contributed by atoms with Gasteiger partial charge in [-0.15, -0.1) is 0 Å². The number of hydrazone groups is 1. The highest BCUT2D eigenvalue weighted by Gasteiger charge is 2.47. The van der Waals surface area contributed by atoms with Crippen molar-refractivity contribution in [2.45, 2.75) is 19.9 Å². The van der Waals surface area contributed by atoms with Crippen molar-refractivity contribution in [3.63, 3.8) is 0 Å². The Kier molecular flexibility index (Phi) is 5.80. The molecule has 4 aromatic rings. The largest absolute Gasteiger partial charge is 0.481 e. The van der Waals surface area contributed by atoms with Crippen LogP contribution in [0.2, 0.25) is 5.02 Å². The van der Waals surface area contributed by atoms with Gasteiger partial charge in [0.1, 0.15) is 11.3 Å². The fraction of sp³-hybridized carbons (Fsp3) is 0.179. The Balaban J connectivity index is 1.48. The number of hydrogen-bond acceptors (Lipinski definition) is 4. The molecule has 170 valence electrons. The molecule has 0 N–H and O–H groups in total. The molecular formula is C28H24ClN3O2. The quantitative estimate of drug-likeness (QED) is 0.345. The van der Waals surface area contributed by atoms with Gasteiger partial charge in [0, 0.05) is 22.0 Å². The van der Waals surface area contributed by atoms with Gasteiger partial charge in [0.2, 0.25) is 0 Å². The lowest BCUT2D eigenvalue weighted by atomic mass is 9.75. The van der Waals surface area contributed by atoms with Crippen LogP contribution in [0.3, 0.4) is 0 Å². The highest BCUT2D eigenvalue weighted by atomic mass is 35.5.